The maximum Gasteiger partial charge on any atom is 0.253 e. The smallest absolute Gasteiger partial charge is 0.253 e. The molecule has 3 aliphatic rings. The minimum absolute atomic E-state index is 0.0730. The predicted molar refractivity (Wildman–Crippen MR) is 91.1 cm³/mol. The summed E-state index contributed by atoms with van der Waals surface area (Å²) in [6.07, 6.45) is 5.05. The molecule has 1 N–H and O–H groups in total. The molecule has 132 valence electrons. The summed E-state index contributed by atoms with van der Waals surface area (Å²) in [5, 5.41) is 0. The van der Waals surface area contributed by atoms with Gasteiger partial charge < -0.3 is 19.4 Å². The molecule has 6 heteroatoms. The molecule has 6 nitrogen and oxygen atoms in total. The molecular formula is C18H27N3O3. The van der Waals surface area contributed by atoms with Gasteiger partial charge in [-0.25, -0.2) is 4.98 Å². The van der Waals surface area contributed by atoms with E-state index in [-0.39, 0.29) is 16.8 Å². The van der Waals surface area contributed by atoms with E-state index >= 15 is 0 Å². The van der Waals surface area contributed by atoms with Crippen LogP contribution in [0.4, 0.5) is 5.82 Å². The van der Waals surface area contributed by atoms with Crippen LogP contribution in [0.3, 0.4) is 0 Å². The third kappa shape index (κ3) is 2.75. The van der Waals surface area contributed by atoms with Crippen molar-refractivity contribution in [1.82, 2.24) is 9.97 Å². The van der Waals surface area contributed by atoms with Gasteiger partial charge in [0, 0.05) is 26.3 Å². The van der Waals surface area contributed by atoms with Gasteiger partial charge in [-0.2, -0.15) is 0 Å². The number of nitrogens with zero attached hydrogens (tertiary/aromatic N) is 2. The van der Waals surface area contributed by atoms with Gasteiger partial charge in [-0.05, 0) is 51.4 Å². The molecule has 0 aromatic carbocycles. The highest BCUT2D eigenvalue weighted by molar-refractivity contribution is 5.40. The van der Waals surface area contributed by atoms with Crippen molar-refractivity contribution < 1.29 is 9.47 Å². The summed E-state index contributed by atoms with van der Waals surface area (Å²) in [6.45, 7) is 6.19. The number of methoxy groups -OCH3 is 1. The van der Waals surface area contributed by atoms with Crippen LogP contribution in [-0.4, -0.2) is 41.4 Å². The lowest BCUT2D eigenvalue weighted by molar-refractivity contribution is -0.175. The van der Waals surface area contributed by atoms with Crippen molar-refractivity contribution in [3.8, 4) is 0 Å². The molecule has 1 aromatic heterocycles. The highest BCUT2D eigenvalue weighted by atomic mass is 16.5. The van der Waals surface area contributed by atoms with Gasteiger partial charge in [-0.1, -0.05) is 0 Å². The van der Waals surface area contributed by atoms with Crippen molar-refractivity contribution in [2.45, 2.75) is 57.3 Å². The molecular weight excluding hydrogens is 306 g/mol. The Morgan fingerprint density at radius 3 is 2.92 bits per heavy atom. The number of ether oxygens (including phenoxy) is 2. The van der Waals surface area contributed by atoms with Gasteiger partial charge >= 0.3 is 0 Å². The second-order valence-corrected chi connectivity index (χ2v) is 8.35. The van der Waals surface area contributed by atoms with Gasteiger partial charge in [0.15, 0.2) is 0 Å². The van der Waals surface area contributed by atoms with E-state index < -0.39 is 0 Å². The van der Waals surface area contributed by atoms with E-state index in [0.717, 1.165) is 31.2 Å². The number of nitrogens with one attached hydrogen (secondary N) is 1. The highest BCUT2D eigenvalue weighted by Crippen LogP contribution is 2.55. The Bertz CT molecular complexity index is 686. The van der Waals surface area contributed by atoms with Gasteiger partial charge in [0.05, 0.1) is 11.2 Å². The number of morpholine rings is 1. The lowest BCUT2D eigenvalue weighted by Crippen LogP contribution is -2.62. The monoisotopic (exact) mass is 333 g/mol. The maximum absolute atomic E-state index is 12.0. The first-order valence-electron chi connectivity index (χ1n) is 8.93. The zero-order chi connectivity index (χ0) is 16.9. The zero-order valence-electron chi connectivity index (χ0n) is 14.8. The number of H-pyrrole nitrogens is 1. The van der Waals surface area contributed by atoms with Crippen molar-refractivity contribution in [2.24, 2.45) is 11.8 Å². The zero-order valence-corrected chi connectivity index (χ0v) is 14.8. The van der Waals surface area contributed by atoms with Crippen LogP contribution < -0.4 is 10.5 Å². The quantitative estimate of drug-likeness (QED) is 0.917. The van der Waals surface area contributed by atoms with Crippen molar-refractivity contribution in [2.75, 3.05) is 25.1 Å². The average Bonchev–Trinajstić information content (AvgIpc) is 3.05. The summed E-state index contributed by atoms with van der Waals surface area (Å²) in [6, 6.07) is 1.60. The van der Waals surface area contributed by atoms with Crippen LogP contribution >= 0.6 is 0 Å². The van der Waals surface area contributed by atoms with Crippen LogP contribution in [0, 0.1) is 11.8 Å². The Kier molecular flexibility index (Phi) is 3.73. The van der Waals surface area contributed by atoms with Gasteiger partial charge in [-0.15, -0.1) is 0 Å². The van der Waals surface area contributed by atoms with Crippen molar-refractivity contribution >= 4 is 5.82 Å². The minimum atomic E-state index is -0.242. The number of rotatable bonds is 3. The molecule has 4 rings (SSSR count). The van der Waals surface area contributed by atoms with Crippen LogP contribution in [0.5, 0.6) is 0 Å². The topological polar surface area (TPSA) is 67.5 Å². The summed E-state index contributed by atoms with van der Waals surface area (Å²) in [7, 11) is 1.61. The highest BCUT2D eigenvalue weighted by Gasteiger charge is 2.57. The van der Waals surface area contributed by atoms with Crippen molar-refractivity contribution in [3.63, 3.8) is 0 Å². The fourth-order valence-corrected chi connectivity index (χ4v) is 5.19. The van der Waals surface area contributed by atoms with Gasteiger partial charge in [0.1, 0.15) is 18.2 Å². The fourth-order valence-electron chi connectivity index (χ4n) is 5.19. The summed E-state index contributed by atoms with van der Waals surface area (Å²) in [5.74, 6) is 2.77. The standard InChI is InChI=1S/C18H27N3O3/c1-17(2)10-21(15-7-16(22)20-14(19-15)9-23-3)11-18(24-17)8-12-4-5-13(18)6-12/h7,12-13H,4-6,8-11H2,1-3H3,(H,19,20,22)/t12-,13+,18+/m1/s1. The number of anilines is 1. The Labute approximate surface area is 142 Å². The molecule has 2 saturated carbocycles. The Morgan fingerprint density at radius 2 is 2.25 bits per heavy atom. The largest absolute Gasteiger partial charge is 0.377 e. The third-order valence-electron chi connectivity index (χ3n) is 5.81. The van der Waals surface area contributed by atoms with Gasteiger partial charge in [0.2, 0.25) is 0 Å². The van der Waals surface area contributed by atoms with E-state index in [1.54, 1.807) is 13.2 Å². The first kappa shape index (κ1) is 16.1. The van der Waals surface area contributed by atoms with E-state index in [2.05, 4.69) is 28.7 Å². The molecule has 2 bridgehead atoms. The van der Waals surface area contributed by atoms with Gasteiger partial charge in [-0.3, -0.25) is 4.79 Å². The Morgan fingerprint density at radius 1 is 1.42 bits per heavy atom. The van der Waals surface area contributed by atoms with E-state index in [1.165, 1.54) is 19.3 Å². The first-order valence-corrected chi connectivity index (χ1v) is 8.93. The number of aromatic nitrogens is 2. The van der Waals surface area contributed by atoms with Crippen LogP contribution in [0.25, 0.3) is 0 Å². The van der Waals surface area contributed by atoms with Gasteiger partial charge in [0.25, 0.3) is 5.56 Å². The molecule has 3 fully saturated rings. The van der Waals surface area contributed by atoms with Crippen molar-refractivity contribution in [3.05, 3.63) is 22.2 Å². The number of hydrogen-bond acceptors (Lipinski definition) is 5. The van der Waals surface area contributed by atoms with E-state index in [9.17, 15) is 4.79 Å². The summed E-state index contributed by atoms with van der Waals surface area (Å²) < 4.78 is 11.8. The summed E-state index contributed by atoms with van der Waals surface area (Å²) in [4.78, 5) is 21.6. The minimum Gasteiger partial charge on any atom is -0.377 e. The van der Waals surface area contributed by atoms with E-state index in [1.807, 2.05) is 0 Å². The molecule has 2 aliphatic carbocycles. The molecule has 0 unspecified atom stereocenters. The SMILES string of the molecule is COCc1nc(N2CC(C)(C)O[C@@]3(C[C@@H]4CC[C@H]3C4)C2)cc(=O)[nH]1. The maximum atomic E-state index is 12.0. The first-order chi connectivity index (χ1) is 11.4. The molecule has 24 heavy (non-hydrogen) atoms. The van der Waals surface area contributed by atoms with Crippen LogP contribution in [-0.2, 0) is 16.1 Å². The van der Waals surface area contributed by atoms with Crippen LogP contribution in [0.1, 0.15) is 45.4 Å². The predicted octanol–water partition coefficient (Wildman–Crippen LogP) is 2.09. The third-order valence-corrected chi connectivity index (χ3v) is 5.81. The molecule has 0 amide bonds. The molecule has 2 heterocycles. The second kappa shape index (κ2) is 5.56. The molecule has 0 radical (unpaired) electrons. The summed E-state index contributed by atoms with van der Waals surface area (Å²) >= 11 is 0. The van der Waals surface area contributed by atoms with E-state index in [4.69, 9.17) is 9.47 Å². The molecule has 3 atom stereocenters. The number of fused-ring (bicyclic) bond motifs is 3. The Hall–Kier alpha value is -1.40. The molecule has 1 spiro atoms. The normalized spacial score (nSPS) is 34.2. The average molecular weight is 333 g/mol. The van der Waals surface area contributed by atoms with Crippen LogP contribution in [0.15, 0.2) is 10.9 Å². The lowest BCUT2D eigenvalue weighted by atomic mass is 9.81. The number of aromatic amines is 1. The summed E-state index contributed by atoms with van der Waals surface area (Å²) in [5.41, 5.74) is -0.441. The van der Waals surface area contributed by atoms with Crippen molar-refractivity contribution in [1.29, 1.82) is 0 Å². The van der Waals surface area contributed by atoms with Crippen LogP contribution in [0.2, 0.25) is 0 Å². The fraction of sp³-hybridized carbons (Fsp3) is 0.778. The molecule has 1 aromatic rings. The molecule has 1 saturated heterocycles. The molecule has 1 aliphatic heterocycles. The Balaban J connectivity index is 1.67. The second-order valence-electron chi connectivity index (χ2n) is 8.35. The van der Waals surface area contributed by atoms with E-state index in [0.29, 0.717) is 18.3 Å². The lowest BCUT2D eigenvalue weighted by Gasteiger charge is -2.52. The number of hydrogen-bond donors (Lipinski definition) is 1.